The van der Waals surface area contributed by atoms with Gasteiger partial charge in [-0.2, -0.15) is 0 Å². The van der Waals surface area contributed by atoms with E-state index in [1.165, 1.54) is 0 Å². The molecule has 3 aromatic rings. The molecule has 1 aromatic heterocycles. The van der Waals surface area contributed by atoms with E-state index in [1.54, 1.807) is 7.11 Å². The average molecular weight is 484 g/mol. The van der Waals surface area contributed by atoms with Gasteiger partial charge in [-0.05, 0) is 29.5 Å². The molecule has 0 fully saturated rings. The highest BCUT2D eigenvalue weighted by atomic mass is 35.5. The second kappa shape index (κ2) is 11.1. The van der Waals surface area contributed by atoms with Crippen molar-refractivity contribution in [3.63, 3.8) is 0 Å². The topological polar surface area (TPSA) is 67.6 Å². The van der Waals surface area contributed by atoms with Crippen molar-refractivity contribution >= 4 is 17.6 Å². The highest BCUT2D eigenvalue weighted by Crippen LogP contribution is 2.32. The Bertz CT molecular complexity index is 1090. The fourth-order valence-electron chi connectivity index (χ4n) is 4.21. The van der Waals surface area contributed by atoms with Crippen molar-refractivity contribution in [1.29, 1.82) is 0 Å². The van der Waals surface area contributed by atoms with Crippen molar-refractivity contribution in [2.24, 2.45) is 5.41 Å². The number of carboxylic acid groups (broad SMARTS) is 1. The molecule has 0 aliphatic carbocycles. The molecule has 1 atom stereocenters. The summed E-state index contributed by atoms with van der Waals surface area (Å²) in [6.07, 6.45) is 0.423. The first kappa shape index (κ1) is 25.8. The quantitative estimate of drug-likeness (QED) is 0.366. The predicted molar refractivity (Wildman–Crippen MR) is 136 cm³/mol. The summed E-state index contributed by atoms with van der Waals surface area (Å²) in [5.74, 6) is 0.495. The number of benzene rings is 2. The van der Waals surface area contributed by atoms with Crippen molar-refractivity contribution in [3.05, 3.63) is 71.0 Å². The summed E-state index contributed by atoms with van der Waals surface area (Å²) in [4.78, 5) is 19.2. The molecule has 3 rings (SSSR count). The van der Waals surface area contributed by atoms with Gasteiger partial charge in [0.15, 0.2) is 5.15 Å². The number of halogens is 1. The van der Waals surface area contributed by atoms with Crippen LogP contribution in [0.1, 0.15) is 51.4 Å². The maximum atomic E-state index is 12.2. The molecule has 34 heavy (non-hydrogen) atoms. The van der Waals surface area contributed by atoms with Gasteiger partial charge in [-0.15, -0.1) is 0 Å². The molecule has 0 spiro atoms. The van der Waals surface area contributed by atoms with Crippen LogP contribution in [0.3, 0.4) is 0 Å². The molecule has 0 aliphatic heterocycles. The lowest BCUT2D eigenvalue weighted by molar-refractivity contribution is -0.141. The number of nitrogens with zero attached hydrogens (tertiary/aromatic N) is 3. The minimum absolute atomic E-state index is 0.0308. The van der Waals surface area contributed by atoms with Crippen LogP contribution < -0.4 is 4.74 Å². The van der Waals surface area contributed by atoms with Gasteiger partial charge in [0.05, 0.1) is 12.8 Å². The fourth-order valence-corrected chi connectivity index (χ4v) is 4.44. The Morgan fingerprint density at radius 3 is 2.29 bits per heavy atom. The van der Waals surface area contributed by atoms with Crippen LogP contribution in [0.5, 0.6) is 5.75 Å². The molecular weight excluding hydrogens is 450 g/mol. The van der Waals surface area contributed by atoms with Gasteiger partial charge in [-0.25, -0.2) is 9.78 Å². The van der Waals surface area contributed by atoms with Crippen molar-refractivity contribution in [1.82, 2.24) is 14.5 Å². The minimum Gasteiger partial charge on any atom is -0.497 e. The number of aromatic nitrogens is 2. The Balaban J connectivity index is 2.05. The van der Waals surface area contributed by atoms with Crippen LogP contribution in [0.2, 0.25) is 5.15 Å². The zero-order valence-corrected chi connectivity index (χ0v) is 21.3. The third-order valence-electron chi connectivity index (χ3n) is 5.61. The second-order valence-electron chi connectivity index (χ2n) is 9.73. The van der Waals surface area contributed by atoms with Crippen LogP contribution in [0.4, 0.5) is 0 Å². The van der Waals surface area contributed by atoms with Crippen LogP contribution in [0.15, 0.2) is 54.6 Å². The Labute approximate surface area is 207 Å². The second-order valence-corrected chi connectivity index (χ2v) is 10.1. The van der Waals surface area contributed by atoms with Gasteiger partial charge in [-0.3, -0.25) is 4.90 Å². The molecule has 1 heterocycles. The Hall–Kier alpha value is -2.83. The van der Waals surface area contributed by atoms with Gasteiger partial charge >= 0.3 is 5.97 Å². The number of hydrogen-bond donors (Lipinski definition) is 1. The van der Waals surface area contributed by atoms with E-state index in [-0.39, 0.29) is 5.41 Å². The summed E-state index contributed by atoms with van der Waals surface area (Å²) in [5.41, 5.74) is 2.73. The molecule has 0 bridgehead atoms. The van der Waals surface area contributed by atoms with Gasteiger partial charge < -0.3 is 14.4 Å². The number of hydrogen-bond acceptors (Lipinski definition) is 4. The van der Waals surface area contributed by atoms with E-state index >= 15 is 0 Å². The number of carbonyl (C=O) groups is 1. The lowest BCUT2D eigenvalue weighted by atomic mass is 9.95. The summed E-state index contributed by atoms with van der Waals surface area (Å²) in [6.45, 7) is 10.4. The lowest BCUT2D eigenvalue weighted by Crippen LogP contribution is -2.33. The minimum atomic E-state index is -0.896. The van der Waals surface area contributed by atoms with Crippen molar-refractivity contribution in [2.75, 3.05) is 13.7 Å². The van der Waals surface area contributed by atoms with Crippen LogP contribution in [-0.4, -0.2) is 39.2 Å². The Morgan fingerprint density at radius 2 is 1.76 bits per heavy atom. The average Bonchev–Trinajstić information content (AvgIpc) is 3.10. The SMILES string of the molecule is CCC(C(=O)O)n1c(-c2ccccc2)nc(Cl)c1CN(Cc1ccc(OC)cc1)CC(C)(C)C. The fraction of sp³-hybridized carbons (Fsp3) is 0.407. The number of imidazole rings is 1. The maximum Gasteiger partial charge on any atom is 0.326 e. The summed E-state index contributed by atoms with van der Waals surface area (Å²) in [6, 6.07) is 16.9. The van der Waals surface area contributed by atoms with E-state index in [0.717, 1.165) is 23.4 Å². The molecule has 0 saturated heterocycles. The maximum absolute atomic E-state index is 12.2. The largest absolute Gasteiger partial charge is 0.497 e. The number of aliphatic carboxylic acids is 1. The summed E-state index contributed by atoms with van der Waals surface area (Å²) in [5, 5.41) is 10.4. The molecule has 1 N–H and O–H groups in total. The molecule has 0 saturated carbocycles. The zero-order chi connectivity index (χ0) is 24.9. The zero-order valence-electron chi connectivity index (χ0n) is 20.6. The van der Waals surface area contributed by atoms with Crippen molar-refractivity contribution < 1.29 is 14.6 Å². The molecule has 1 unspecified atom stereocenters. The van der Waals surface area contributed by atoms with E-state index < -0.39 is 12.0 Å². The standard InChI is InChI=1S/C27H34ClN3O3/c1-6-22(26(32)33)31-23(24(28)29-25(31)20-10-8-7-9-11-20)17-30(18-27(2,3)4)16-19-12-14-21(34-5)15-13-19/h7-15,22H,6,16-18H2,1-5H3,(H,32,33). The molecule has 0 aliphatic rings. The molecular formula is C27H34ClN3O3. The van der Waals surface area contributed by atoms with E-state index in [2.05, 4.69) is 42.8 Å². The van der Waals surface area contributed by atoms with Gasteiger partial charge in [0.25, 0.3) is 0 Å². The number of ether oxygens (including phenoxy) is 1. The van der Waals surface area contributed by atoms with Crippen LogP contribution in [0, 0.1) is 5.41 Å². The van der Waals surface area contributed by atoms with Crippen LogP contribution >= 0.6 is 11.6 Å². The van der Waals surface area contributed by atoms with Crippen LogP contribution in [0.25, 0.3) is 11.4 Å². The Kier molecular flexibility index (Phi) is 8.39. The Morgan fingerprint density at radius 1 is 1.12 bits per heavy atom. The number of methoxy groups -OCH3 is 1. The number of rotatable bonds is 10. The third-order valence-corrected chi connectivity index (χ3v) is 5.92. The highest BCUT2D eigenvalue weighted by Gasteiger charge is 2.29. The van der Waals surface area contributed by atoms with E-state index in [4.69, 9.17) is 16.3 Å². The van der Waals surface area contributed by atoms with Crippen molar-refractivity contribution in [3.8, 4) is 17.1 Å². The first-order valence-corrected chi connectivity index (χ1v) is 11.9. The molecule has 0 amide bonds. The van der Waals surface area contributed by atoms with Crippen LogP contribution in [-0.2, 0) is 17.9 Å². The molecule has 7 heteroatoms. The van der Waals surface area contributed by atoms with Crippen molar-refractivity contribution in [2.45, 2.75) is 53.2 Å². The molecule has 6 nitrogen and oxygen atoms in total. The first-order valence-electron chi connectivity index (χ1n) is 11.5. The molecule has 182 valence electrons. The van der Waals surface area contributed by atoms with Gasteiger partial charge in [0.2, 0.25) is 0 Å². The third kappa shape index (κ3) is 6.39. The molecule has 0 radical (unpaired) electrons. The van der Waals surface area contributed by atoms with Gasteiger partial charge in [0.1, 0.15) is 17.6 Å². The lowest BCUT2D eigenvalue weighted by Gasteiger charge is -2.31. The summed E-state index contributed by atoms with van der Waals surface area (Å²) in [7, 11) is 1.65. The first-order chi connectivity index (χ1) is 16.1. The van der Waals surface area contributed by atoms with E-state index in [9.17, 15) is 9.90 Å². The van der Waals surface area contributed by atoms with Gasteiger partial charge in [0, 0.05) is 25.2 Å². The predicted octanol–water partition coefficient (Wildman–Crippen LogP) is 6.30. The smallest absolute Gasteiger partial charge is 0.326 e. The summed E-state index contributed by atoms with van der Waals surface area (Å²) < 4.78 is 7.10. The van der Waals surface area contributed by atoms with E-state index in [0.29, 0.717) is 36.2 Å². The monoisotopic (exact) mass is 483 g/mol. The number of carboxylic acids is 1. The van der Waals surface area contributed by atoms with Gasteiger partial charge in [-0.1, -0.05) is 81.8 Å². The normalized spacial score (nSPS) is 12.7. The van der Waals surface area contributed by atoms with E-state index in [1.807, 2.05) is 54.0 Å². The molecule has 2 aromatic carbocycles. The highest BCUT2D eigenvalue weighted by molar-refractivity contribution is 6.30. The summed E-state index contributed by atoms with van der Waals surface area (Å²) >= 11 is 6.70.